The highest BCUT2D eigenvalue weighted by atomic mass is 15.3. The second kappa shape index (κ2) is 5.03. The molecule has 0 fully saturated rings. The summed E-state index contributed by atoms with van der Waals surface area (Å²) >= 11 is 0. The van der Waals surface area contributed by atoms with E-state index in [0.717, 1.165) is 22.9 Å². The lowest BCUT2D eigenvalue weighted by Gasteiger charge is -2.10. The molecular weight excluding hydrogens is 228 g/mol. The van der Waals surface area contributed by atoms with E-state index < -0.39 is 0 Å². The zero-order chi connectivity index (χ0) is 13.1. The summed E-state index contributed by atoms with van der Waals surface area (Å²) < 4.78 is 1.82. The molecule has 2 rings (SSSR count). The predicted octanol–water partition coefficient (Wildman–Crippen LogP) is 1.48. The molecule has 0 radical (unpaired) electrons. The molecule has 0 aromatic carbocycles. The molecule has 0 aliphatic carbocycles. The van der Waals surface area contributed by atoms with Crippen molar-refractivity contribution >= 4 is 11.6 Å². The Hall–Kier alpha value is -2.11. The average molecular weight is 246 g/mol. The van der Waals surface area contributed by atoms with Crippen LogP contribution < -0.4 is 10.6 Å². The van der Waals surface area contributed by atoms with E-state index in [1.54, 1.807) is 6.33 Å². The largest absolute Gasteiger partial charge is 0.373 e. The van der Waals surface area contributed by atoms with Gasteiger partial charge in [-0.25, -0.2) is 9.97 Å². The van der Waals surface area contributed by atoms with Crippen LogP contribution in [0.3, 0.4) is 0 Å². The van der Waals surface area contributed by atoms with Crippen molar-refractivity contribution in [2.24, 2.45) is 7.05 Å². The molecule has 2 N–H and O–H groups in total. The standard InChI is InChI=1S/C12H18N6/c1-8-11(13-3)15-7-16-12(8)14-5-10-6-18(4)17-9(10)2/h6-7H,5H2,1-4H3,(H2,13,14,15,16). The maximum atomic E-state index is 4.31. The molecule has 0 unspecified atom stereocenters. The zero-order valence-electron chi connectivity index (χ0n) is 11.2. The number of rotatable bonds is 4. The number of aryl methyl sites for hydroxylation is 2. The minimum Gasteiger partial charge on any atom is -0.373 e. The highest BCUT2D eigenvalue weighted by Gasteiger charge is 2.07. The first-order chi connectivity index (χ1) is 8.61. The molecule has 2 aromatic heterocycles. The monoisotopic (exact) mass is 246 g/mol. The molecule has 0 bridgehead atoms. The molecule has 6 nitrogen and oxygen atoms in total. The van der Waals surface area contributed by atoms with Gasteiger partial charge in [0.05, 0.1) is 5.69 Å². The van der Waals surface area contributed by atoms with Crippen molar-refractivity contribution in [3.8, 4) is 0 Å². The van der Waals surface area contributed by atoms with Gasteiger partial charge >= 0.3 is 0 Å². The van der Waals surface area contributed by atoms with Gasteiger partial charge < -0.3 is 10.6 Å². The molecule has 0 atom stereocenters. The van der Waals surface area contributed by atoms with Crippen molar-refractivity contribution in [3.05, 3.63) is 29.3 Å². The summed E-state index contributed by atoms with van der Waals surface area (Å²) in [5.74, 6) is 1.69. The van der Waals surface area contributed by atoms with Gasteiger partial charge in [-0.1, -0.05) is 0 Å². The molecule has 0 aliphatic heterocycles. The molecule has 2 heterocycles. The Morgan fingerprint density at radius 1 is 1.22 bits per heavy atom. The second-order valence-electron chi connectivity index (χ2n) is 4.21. The summed E-state index contributed by atoms with van der Waals surface area (Å²) in [5.41, 5.74) is 3.22. The third-order valence-corrected chi connectivity index (χ3v) is 2.88. The van der Waals surface area contributed by atoms with Gasteiger partial charge in [0.25, 0.3) is 0 Å². The Kier molecular flexibility index (Phi) is 3.45. The Bertz CT molecular complexity index is 545. The van der Waals surface area contributed by atoms with Crippen molar-refractivity contribution in [1.82, 2.24) is 19.7 Å². The third kappa shape index (κ3) is 2.42. The highest BCUT2D eigenvalue weighted by molar-refractivity contribution is 5.56. The number of nitrogens with one attached hydrogen (secondary N) is 2. The van der Waals surface area contributed by atoms with E-state index in [0.29, 0.717) is 6.54 Å². The van der Waals surface area contributed by atoms with Gasteiger partial charge in [0.1, 0.15) is 18.0 Å². The van der Waals surface area contributed by atoms with Crippen molar-refractivity contribution in [2.45, 2.75) is 20.4 Å². The normalized spacial score (nSPS) is 10.4. The van der Waals surface area contributed by atoms with Crippen LogP contribution in [-0.2, 0) is 13.6 Å². The first-order valence-electron chi connectivity index (χ1n) is 5.84. The lowest BCUT2D eigenvalue weighted by Crippen LogP contribution is -2.06. The van der Waals surface area contributed by atoms with Crippen LogP contribution in [0.25, 0.3) is 0 Å². The van der Waals surface area contributed by atoms with Crippen molar-refractivity contribution in [3.63, 3.8) is 0 Å². The maximum Gasteiger partial charge on any atom is 0.134 e. The van der Waals surface area contributed by atoms with E-state index in [-0.39, 0.29) is 0 Å². The number of hydrogen-bond acceptors (Lipinski definition) is 5. The Balaban J connectivity index is 2.13. The summed E-state index contributed by atoms with van der Waals surface area (Å²) in [6, 6.07) is 0. The summed E-state index contributed by atoms with van der Waals surface area (Å²) in [7, 11) is 3.77. The van der Waals surface area contributed by atoms with Crippen LogP contribution in [0.4, 0.5) is 11.6 Å². The van der Waals surface area contributed by atoms with E-state index in [1.165, 1.54) is 5.56 Å². The molecule has 96 valence electrons. The van der Waals surface area contributed by atoms with E-state index >= 15 is 0 Å². The molecule has 0 saturated carbocycles. The minimum atomic E-state index is 0.709. The number of anilines is 2. The van der Waals surface area contributed by atoms with Gasteiger partial charge in [-0.2, -0.15) is 5.10 Å². The van der Waals surface area contributed by atoms with Gasteiger partial charge in [-0.05, 0) is 13.8 Å². The summed E-state index contributed by atoms with van der Waals surface area (Å²) in [6.45, 7) is 4.70. The highest BCUT2D eigenvalue weighted by Crippen LogP contribution is 2.18. The van der Waals surface area contributed by atoms with Crippen molar-refractivity contribution in [2.75, 3.05) is 17.7 Å². The quantitative estimate of drug-likeness (QED) is 0.855. The Morgan fingerprint density at radius 3 is 2.56 bits per heavy atom. The third-order valence-electron chi connectivity index (χ3n) is 2.88. The fourth-order valence-electron chi connectivity index (χ4n) is 1.88. The van der Waals surface area contributed by atoms with Gasteiger partial charge in [0.15, 0.2) is 0 Å². The second-order valence-corrected chi connectivity index (χ2v) is 4.21. The van der Waals surface area contributed by atoms with Crippen LogP contribution in [0.15, 0.2) is 12.5 Å². The maximum absolute atomic E-state index is 4.31. The zero-order valence-corrected chi connectivity index (χ0v) is 11.2. The molecule has 6 heteroatoms. The van der Waals surface area contributed by atoms with Crippen LogP contribution in [0, 0.1) is 13.8 Å². The number of aromatic nitrogens is 4. The van der Waals surface area contributed by atoms with Crippen LogP contribution in [0.2, 0.25) is 0 Å². The molecule has 18 heavy (non-hydrogen) atoms. The van der Waals surface area contributed by atoms with Gasteiger partial charge in [-0.15, -0.1) is 0 Å². The lowest BCUT2D eigenvalue weighted by molar-refractivity contribution is 0.756. The summed E-state index contributed by atoms with van der Waals surface area (Å²) in [5, 5.41) is 10.7. The molecule has 0 saturated heterocycles. The van der Waals surface area contributed by atoms with Gasteiger partial charge in [-0.3, -0.25) is 4.68 Å². The van der Waals surface area contributed by atoms with Gasteiger partial charge in [0, 0.05) is 38.0 Å². The molecular formula is C12H18N6. The van der Waals surface area contributed by atoms with Crippen molar-refractivity contribution < 1.29 is 0 Å². The SMILES string of the molecule is CNc1ncnc(NCc2cn(C)nc2C)c1C. The first kappa shape index (κ1) is 12.3. The summed E-state index contributed by atoms with van der Waals surface area (Å²) in [4.78, 5) is 8.40. The molecule has 0 amide bonds. The predicted molar refractivity (Wildman–Crippen MR) is 71.6 cm³/mol. The minimum absolute atomic E-state index is 0.709. The number of nitrogens with zero attached hydrogens (tertiary/aromatic N) is 4. The van der Waals surface area contributed by atoms with Crippen LogP contribution in [0.5, 0.6) is 0 Å². The average Bonchev–Trinajstić information content (AvgIpc) is 2.66. The van der Waals surface area contributed by atoms with E-state index in [2.05, 4.69) is 25.7 Å². The van der Waals surface area contributed by atoms with Crippen molar-refractivity contribution in [1.29, 1.82) is 0 Å². The van der Waals surface area contributed by atoms with E-state index in [4.69, 9.17) is 0 Å². The van der Waals surface area contributed by atoms with Crippen LogP contribution in [-0.4, -0.2) is 26.8 Å². The fraction of sp³-hybridized carbons (Fsp3) is 0.417. The summed E-state index contributed by atoms with van der Waals surface area (Å²) in [6.07, 6.45) is 3.56. The molecule has 2 aromatic rings. The topological polar surface area (TPSA) is 67.7 Å². The lowest BCUT2D eigenvalue weighted by atomic mass is 10.2. The smallest absolute Gasteiger partial charge is 0.134 e. The van der Waals surface area contributed by atoms with Gasteiger partial charge in [0.2, 0.25) is 0 Å². The van der Waals surface area contributed by atoms with Crippen LogP contribution in [0.1, 0.15) is 16.8 Å². The Morgan fingerprint density at radius 2 is 1.94 bits per heavy atom. The Labute approximate surface area is 106 Å². The molecule has 0 spiro atoms. The first-order valence-corrected chi connectivity index (χ1v) is 5.84. The number of hydrogen-bond donors (Lipinski definition) is 2. The molecule has 0 aliphatic rings. The van der Waals surface area contributed by atoms with E-state index in [1.807, 2.05) is 38.8 Å². The van der Waals surface area contributed by atoms with E-state index in [9.17, 15) is 0 Å². The van der Waals surface area contributed by atoms with Crippen LogP contribution >= 0.6 is 0 Å². The fourth-order valence-corrected chi connectivity index (χ4v) is 1.88.